The molecule has 0 aliphatic carbocycles. The van der Waals surface area contributed by atoms with E-state index in [0.717, 1.165) is 4.88 Å². The van der Waals surface area contributed by atoms with E-state index in [-0.39, 0.29) is 23.0 Å². The van der Waals surface area contributed by atoms with E-state index in [0.29, 0.717) is 11.4 Å². The van der Waals surface area contributed by atoms with Crippen LogP contribution >= 0.6 is 11.3 Å². The maximum atomic E-state index is 12.1. The molecular formula is C15H13N3O5S2. The lowest BCUT2D eigenvalue weighted by molar-refractivity contribution is 0.0429. The summed E-state index contributed by atoms with van der Waals surface area (Å²) in [5.74, 6) is -0.177. The Morgan fingerprint density at radius 2 is 2.16 bits per heavy atom. The number of rotatable bonds is 5. The van der Waals surface area contributed by atoms with Crippen molar-refractivity contribution in [2.24, 2.45) is 5.14 Å². The van der Waals surface area contributed by atoms with E-state index in [1.807, 2.05) is 17.5 Å². The minimum absolute atomic E-state index is 0.0626. The number of nitrogens with two attached hydrogens (primary N) is 1. The van der Waals surface area contributed by atoms with Crippen LogP contribution in [-0.2, 0) is 21.4 Å². The van der Waals surface area contributed by atoms with E-state index in [2.05, 4.69) is 10.1 Å². The van der Waals surface area contributed by atoms with Crippen LogP contribution in [0.15, 0.2) is 45.1 Å². The van der Waals surface area contributed by atoms with Gasteiger partial charge >= 0.3 is 5.97 Å². The maximum Gasteiger partial charge on any atom is 0.338 e. The van der Waals surface area contributed by atoms with E-state index >= 15 is 0 Å². The number of thiophene rings is 1. The number of ether oxygens (including phenoxy) is 1. The molecule has 0 atom stereocenters. The number of carbonyl (C=O) groups is 1. The van der Waals surface area contributed by atoms with Gasteiger partial charge in [0.15, 0.2) is 6.61 Å². The van der Waals surface area contributed by atoms with Crippen molar-refractivity contribution in [3.8, 4) is 10.7 Å². The van der Waals surface area contributed by atoms with Crippen LogP contribution in [0.1, 0.15) is 21.8 Å². The minimum atomic E-state index is -3.93. The number of nitrogens with zero attached hydrogens (tertiary/aromatic N) is 2. The van der Waals surface area contributed by atoms with Gasteiger partial charge in [0.2, 0.25) is 15.8 Å². The molecule has 10 heteroatoms. The van der Waals surface area contributed by atoms with Gasteiger partial charge in [-0.05, 0) is 36.1 Å². The molecule has 0 aliphatic rings. The molecule has 3 aromatic rings. The highest BCUT2D eigenvalue weighted by Crippen LogP contribution is 2.21. The Bertz CT molecular complexity index is 1010. The lowest BCUT2D eigenvalue weighted by Gasteiger charge is -2.06. The molecule has 0 spiro atoms. The summed E-state index contributed by atoms with van der Waals surface area (Å²) in [4.78, 5) is 16.9. The predicted molar refractivity (Wildman–Crippen MR) is 89.3 cm³/mol. The molecule has 8 nitrogen and oxygen atoms in total. The van der Waals surface area contributed by atoms with E-state index in [1.165, 1.54) is 29.5 Å². The largest absolute Gasteiger partial charge is 0.452 e. The summed E-state index contributed by atoms with van der Waals surface area (Å²) in [7, 11) is -3.93. The van der Waals surface area contributed by atoms with Gasteiger partial charge in [0.05, 0.1) is 15.3 Å². The van der Waals surface area contributed by atoms with Crippen LogP contribution in [0, 0.1) is 6.92 Å². The second-order valence-electron chi connectivity index (χ2n) is 5.09. The predicted octanol–water partition coefficient (Wildman–Crippen LogP) is 2.11. The van der Waals surface area contributed by atoms with Crippen LogP contribution in [0.4, 0.5) is 0 Å². The number of esters is 1. The van der Waals surface area contributed by atoms with Gasteiger partial charge in [-0.25, -0.2) is 18.4 Å². The monoisotopic (exact) mass is 379 g/mol. The van der Waals surface area contributed by atoms with Crippen molar-refractivity contribution < 1.29 is 22.5 Å². The number of sulfonamides is 1. The third kappa shape index (κ3) is 3.92. The molecule has 0 aliphatic heterocycles. The van der Waals surface area contributed by atoms with Gasteiger partial charge in [0.25, 0.3) is 5.89 Å². The molecule has 1 aromatic carbocycles. The fraction of sp³-hybridized carbons (Fsp3) is 0.133. The minimum Gasteiger partial charge on any atom is -0.452 e. The molecule has 130 valence electrons. The molecule has 0 unspecified atom stereocenters. The second-order valence-corrected chi connectivity index (χ2v) is 7.57. The fourth-order valence-electron chi connectivity index (χ4n) is 2.06. The molecule has 0 saturated heterocycles. The van der Waals surface area contributed by atoms with Gasteiger partial charge in [0, 0.05) is 0 Å². The second kappa shape index (κ2) is 6.75. The van der Waals surface area contributed by atoms with Crippen LogP contribution in [0.2, 0.25) is 0 Å². The lowest BCUT2D eigenvalue weighted by Crippen LogP contribution is -2.15. The van der Waals surface area contributed by atoms with Crippen LogP contribution in [0.25, 0.3) is 10.7 Å². The summed E-state index contributed by atoms with van der Waals surface area (Å²) >= 11 is 1.45. The standard InChI is InChI=1S/C15H13N3O5S2/c1-9-4-5-10(7-12(9)25(16,20)21)15(19)22-8-13-17-14(18-23-13)11-3-2-6-24-11/h2-7H,8H2,1H3,(H2,16,20,21). The average Bonchev–Trinajstić information content (AvgIpc) is 3.23. The highest BCUT2D eigenvalue weighted by molar-refractivity contribution is 7.89. The lowest BCUT2D eigenvalue weighted by atomic mass is 10.1. The summed E-state index contributed by atoms with van der Waals surface area (Å²) in [6, 6.07) is 7.82. The zero-order valence-corrected chi connectivity index (χ0v) is 14.6. The summed E-state index contributed by atoms with van der Waals surface area (Å²) < 4.78 is 33.1. The zero-order valence-electron chi connectivity index (χ0n) is 13.0. The van der Waals surface area contributed by atoms with Crippen LogP contribution < -0.4 is 5.14 Å². The van der Waals surface area contributed by atoms with Crippen molar-refractivity contribution >= 4 is 27.3 Å². The molecular weight excluding hydrogens is 366 g/mol. The van der Waals surface area contributed by atoms with E-state index in [1.54, 1.807) is 6.92 Å². The molecule has 0 bridgehead atoms. The van der Waals surface area contributed by atoms with Gasteiger partial charge in [-0.15, -0.1) is 11.3 Å². The first kappa shape index (κ1) is 17.3. The van der Waals surface area contributed by atoms with Crippen LogP contribution in [0.3, 0.4) is 0 Å². The normalized spacial score (nSPS) is 11.4. The molecule has 2 N–H and O–H groups in total. The number of hydrogen-bond acceptors (Lipinski definition) is 8. The SMILES string of the molecule is Cc1ccc(C(=O)OCc2nc(-c3cccs3)no2)cc1S(N)(=O)=O. The number of benzene rings is 1. The van der Waals surface area contributed by atoms with Gasteiger partial charge in [-0.2, -0.15) is 4.98 Å². The third-order valence-corrected chi connectivity index (χ3v) is 5.19. The Balaban J connectivity index is 1.71. The molecule has 0 radical (unpaired) electrons. The number of aromatic nitrogens is 2. The molecule has 0 saturated carbocycles. The third-order valence-electron chi connectivity index (χ3n) is 3.27. The van der Waals surface area contributed by atoms with Crippen molar-refractivity contribution in [1.29, 1.82) is 0 Å². The summed E-state index contributed by atoms with van der Waals surface area (Å²) in [6.45, 7) is 1.36. The first-order valence-electron chi connectivity index (χ1n) is 7.01. The van der Waals surface area contributed by atoms with Crippen molar-refractivity contribution in [1.82, 2.24) is 10.1 Å². The Hall–Kier alpha value is -2.56. The van der Waals surface area contributed by atoms with Gasteiger partial charge < -0.3 is 9.26 Å². The Kier molecular flexibility index (Phi) is 4.66. The summed E-state index contributed by atoms with van der Waals surface area (Å²) in [6.07, 6.45) is 0. The first-order valence-corrected chi connectivity index (χ1v) is 9.44. The van der Waals surface area contributed by atoms with Gasteiger partial charge in [0.1, 0.15) is 0 Å². The number of aryl methyl sites for hydroxylation is 1. The summed E-state index contributed by atoms with van der Waals surface area (Å²) in [5, 5.41) is 10.8. The van der Waals surface area contributed by atoms with Crippen molar-refractivity contribution in [3.05, 3.63) is 52.7 Å². The van der Waals surface area contributed by atoms with E-state index in [9.17, 15) is 13.2 Å². The molecule has 3 rings (SSSR count). The Labute approximate surface area is 147 Å². The average molecular weight is 379 g/mol. The topological polar surface area (TPSA) is 125 Å². The highest BCUT2D eigenvalue weighted by Gasteiger charge is 2.17. The molecule has 2 aromatic heterocycles. The van der Waals surface area contributed by atoms with Crippen LogP contribution in [0.5, 0.6) is 0 Å². The molecule has 2 heterocycles. The number of carbonyl (C=O) groups excluding carboxylic acids is 1. The summed E-state index contributed by atoms with van der Waals surface area (Å²) in [5.41, 5.74) is 0.504. The number of primary sulfonamides is 1. The van der Waals surface area contributed by atoms with Gasteiger partial charge in [-0.3, -0.25) is 0 Å². The smallest absolute Gasteiger partial charge is 0.338 e. The van der Waals surface area contributed by atoms with Crippen molar-refractivity contribution in [3.63, 3.8) is 0 Å². The molecule has 25 heavy (non-hydrogen) atoms. The molecule has 0 amide bonds. The maximum absolute atomic E-state index is 12.1. The quantitative estimate of drug-likeness (QED) is 0.673. The van der Waals surface area contributed by atoms with E-state index < -0.39 is 16.0 Å². The van der Waals surface area contributed by atoms with Crippen LogP contribution in [-0.4, -0.2) is 24.5 Å². The molecule has 0 fully saturated rings. The highest BCUT2D eigenvalue weighted by atomic mass is 32.2. The fourth-order valence-corrected chi connectivity index (χ4v) is 3.52. The van der Waals surface area contributed by atoms with Gasteiger partial charge in [-0.1, -0.05) is 17.3 Å². The Morgan fingerprint density at radius 1 is 1.36 bits per heavy atom. The van der Waals surface area contributed by atoms with Crippen molar-refractivity contribution in [2.75, 3.05) is 0 Å². The zero-order chi connectivity index (χ0) is 18.0. The van der Waals surface area contributed by atoms with E-state index in [4.69, 9.17) is 14.4 Å². The number of hydrogen-bond donors (Lipinski definition) is 1. The Morgan fingerprint density at radius 3 is 2.84 bits per heavy atom. The van der Waals surface area contributed by atoms with Crippen molar-refractivity contribution in [2.45, 2.75) is 18.4 Å². The first-order chi connectivity index (χ1) is 11.8.